The second-order valence-electron chi connectivity index (χ2n) is 7.96. The number of phenolic OH excluding ortho intramolecular Hbond substituents is 1. The maximum Gasteiger partial charge on any atom is 0.330 e. The van der Waals surface area contributed by atoms with Crippen LogP contribution in [0.2, 0.25) is 0 Å². The highest BCUT2D eigenvalue weighted by Gasteiger charge is 2.28. The van der Waals surface area contributed by atoms with Gasteiger partial charge in [0.1, 0.15) is 18.4 Å². The number of phenols is 1. The van der Waals surface area contributed by atoms with Crippen LogP contribution in [-0.2, 0) is 25.5 Å². The Morgan fingerprint density at radius 3 is 2.06 bits per heavy atom. The molecule has 0 saturated carbocycles. The second-order valence-corrected chi connectivity index (χ2v) is 7.96. The summed E-state index contributed by atoms with van der Waals surface area (Å²) in [5.74, 6) is -2.66. The van der Waals surface area contributed by atoms with Gasteiger partial charge in [-0.15, -0.1) is 0 Å². The zero-order chi connectivity index (χ0) is 24.1. The van der Waals surface area contributed by atoms with Crippen LogP contribution < -0.4 is 5.32 Å². The van der Waals surface area contributed by atoms with Gasteiger partial charge in [-0.05, 0) is 39.9 Å². The number of nitrogens with one attached hydrogen (secondary N) is 1. The Balaban J connectivity index is 1.34. The van der Waals surface area contributed by atoms with E-state index in [1.807, 2.05) is 48.5 Å². The van der Waals surface area contributed by atoms with E-state index in [1.165, 1.54) is 12.1 Å². The van der Waals surface area contributed by atoms with Crippen LogP contribution in [0.25, 0.3) is 11.1 Å². The lowest BCUT2D eigenvalue weighted by molar-refractivity contribution is -0.141. The molecule has 7 nitrogen and oxygen atoms in total. The van der Waals surface area contributed by atoms with E-state index in [0.717, 1.165) is 34.4 Å². The third-order valence-electron chi connectivity index (χ3n) is 5.72. The number of carbonyl (C=O) groups is 3. The summed E-state index contributed by atoms with van der Waals surface area (Å²) in [5, 5.41) is 21.1. The van der Waals surface area contributed by atoms with Crippen LogP contribution in [-0.4, -0.2) is 40.7 Å². The van der Waals surface area contributed by atoms with E-state index < -0.39 is 23.9 Å². The molecule has 0 saturated heterocycles. The van der Waals surface area contributed by atoms with Crippen molar-refractivity contribution >= 4 is 17.8 Å². The summed E-state index contributed by atoms with van der Waals surface area (Å²) >= 11 is 0. The molecule has 1 atom stereocenters. The van der Waals surface area contributed by atoms with Crippen LogP contribution in [0.15, 0.2) is 84.9 Å². The zero-order valence-corrected chi connectivity index (χ0v) is 18.2. The summed E-state index contributed by atoms with van der Waals surface area (Å²) in [6, 6.07) is 20.8. The summed E-state index contributed by atoms with van der Waals surface area (Å²) < 4.78 is 5.40. The first-order chi connectivity index (χ1) is 16.4. The van der Waals surface area contributed by atoms with Crippen LogP contribution >= 0.6 is 0 Å². The van der Waals surface area contributed by atoms with E-state index >= 15 is 0 Å². The molecule has 3 aromatic rings. The van der Waals surface area contributed by atoms with Gasteiger partial charge >= 0.3 is 11.9 Å². The van der Waals surface area contributed by atoms with Crippen LogP contribution in [0.1, 0.15) is 22.6 Å². The molecule has 1 aliphatic carbocycles. The zero-order valence-electron chi connectivity index (χ0n) is 18.2. The smallest absolute Gasteiger partial charge is 0.330 e. The van der Waals surface area contributed by atoms with Gasteiger partial charge in [0, 0.05) is 24.5 Å². The molecule has 3 aromatic carbocycles. The van der Waals surface area contributed by atoms with Crippen LogP contribution in [0.3, 0.4) is 0 Å². The minimum Gasteiger partial charge on any atom is -0.508 e. The minimum absolute atomic E-state index is 0.0279. The molecule has 0 radical (unpaired) electrons. The van der Waals surface area contributed by atoms with Crippen LogP contribution in [0, 0.1) is 0 Å². The largest absolute Gasteiger partial charge is 0.508 e. The fraction of sp³-hybridized carbons (Fsp3) is 0.148. The lowest BCUT2D eigenvalue weighted by Crippen LogP contribution is -2.41. The summed E-state index contributed by atoms with van der Waals surface area (Å²) in [6.07, 6.45) is 1.98. The Labute approximate surface area is 196 Å². The number of carboxylic acid groups (broad SMARTS) is 1. The molecule has 0 bridgehead atoms. The Kier molecular flexibility index (Phi) is 6.73. The fourth-order valence-corrected chi connectivity index (χ4v) is 4.08. The lowest BCUT2D eigenvalue weighted by atomic mass is 9.98. The highest BCUT2D eigenvalue weighted by Crippen LogP contribution is 2.44. The number of benzene rings is 3. The summed E-state index contributed by atoms with van der Waals surface area (Å²) in [6.45, 7) is 0.122. The van der Waals surface area contributed by atoms with Gasteiger partial charge in [-0.3, -0.25) is 4.79 Å². The summed E-state index contributed by atoms with van der Waals surface area (Å²) in [5.41, 5.74) is 5.02. The van der Waals surface area contributed by atoms with E-state index in [9.17, 15) is 24.6 Å². The van der Waals surface area contributed by atoms with Gasteiger partial charge in [0.2, 0.25) is 5.91 Å². The molecular weight excluding hydrogens is 434 g/mol. The minimum atomic E-state index is -1.21. The molecule has 3 N–H and O–H groups in total. The van der Waals surface area contributed by atoms with E-state index in [1.54, 1.807) is 12.1 Å². The number of carboxylic acids is 1. The summed E-state index contributed by atoms with van der Waals surface area (Å²) in [4.78, 5) is 35.9. The number of fused-ring (bicyclic) bond motifs is 3. The van der Waals surface area contributed by atoms with Gasteiger partial charge in [0.25, 0.3) is 0 Å². The van der Waals surface area contributed by atoms with Crippen molar-refractivity contribution in [2.45, 2.75) is 18.4 Å². The molecule has 34 heavy (non-hydrogen) atoms. The topological polar surface area (TPSA) is 113 Å². The van der Waals surface area contributed by atoms with Crippen molar-refractivity contribution in [2.75, 3.05) is 6.61 Å². The quantitative estimate of drug-likeness (QED) is 0.353. The average molecular weight is 457 g/mol. The monoisotopic (exact) mass is 457 g/mol. The number of hydrogen-bond acceptors (Lipinski definition) is 5. The number of aliphatic carboxylic acids is 1. The predicted octanol–water partition coefficient (Wildman–Crippen LogP) is 3.42. The van der Waals surface area contributed by atoms with Crippen molar-refractivity contribution in [3.8, 4) is 16.9 Å². The Morgan fingerprint density at radius 1 is 0.882 bits per heavy atom. The number of aromatic hydroxyl groups is 1. The molecule has 1 amide bonds. The number of amides is 1. The van der Waals surface area contributed by atoms with Crippen molar-refractivity contribution in [2.24, 2.45) is 0 Å². The molecule has 4 rings (SSSR count). The molecule has 0 aromatic heterocycles. The standard InChI is InChI=1S/C27H23NO6/c29-18-11-9-17(10-12-18)15-24(27(32)33)28-25(30)13-14-26(31)34-16-23-21-7-3-1-5-19(21)20-6-2-4-8-22(20)23/h1-14,23-24,29H,15-16H2,(H,28,30)(H,32,33)/t24-/m0/s1. The van der Waals surface area contributed by atoms with Gasteiger partial charge in [-0.25, -0.2) is 9.59 Å². The molecule has 0 unspecified atom stereocenters. The van der Waals surface area contributed by atoms with E-state index in [2.05, 4.69) is 5.32 Å². The number of esters is 1. The van der Waals surface area contributed by atoms with Gasteiger partial charge in [-0.2, -0.15) is 0 Å². The third-order valence-corrected chi connectivity index (χ3v) is 5.72. The van der Waals surface area contributed by atoms with Crippen molar-refractivity contribution < 1.29 is 29.3 Å². The third kappa shape index (κ3) is 5.15. The molecule has 1 aliphatic rings. The first-order valence-electron chi connectivity index (χ1n) is 10.8. The highest BCUT2D eigenvalue weighted by molar-refractivity contribution is 5.96. The maximum atomic E-state index is 12.2. The Bertz CT molecular complexity index is 1200. The maximum absolute atomic E-state index is 12.2. The van der Waals surface area contributed by atoms with Crippen molar-refractivity contribution in [1.82, 2.24) is 5.32 Å². The molecule has 0 heterocycles. The molecule has 0 aliphatic heterocycles. The second kappa shape index (κ2) is 10.0. The lowest BCUT2D eigenvalue weighted by Gasteiger charge is -2.14. The molecule has 172 valence electrons. The molecule has 0 fully saturated rings. The number of ether oxygens (including phenoxy) is 1. The number of rotatable bonds is 8. The van der Waals surface area contributed by atoms with E-state index in [-0.39, 0.29) is 24.7 Å². The number of carbonyl (C=O) groups excluding carboxylic acids is 2. The van der Waals surface area contributed by atoms with Crippen molar-refractivity contribution in [1.29, 1.82) is 0 Å². The Hall–Kier alpha value is -4.39. The Morgan fingerprint density at radius 2 is 1.47 bits per heavy atom. The van der Waals surface area contributed by atoms with Crippen molar-refractivity contribution in [3.05, 3.63) is 102 Å². The van der Waals surface area contributed by atoms with Gasteiger partial charge in [0.15, 0.2) is 0 Å². The van der Waals surface area contributed by atoms with Crippen molar-refractivity contribution in [3.63, 3.8) is 0 Å². The molecule has 7 heteroatoms. The predicted molar refractivity (Wildman–Crippen MR) is 125 cm³/mol. The van der Waals surface area contributed by atoms with Crippen LogP contribution in [0.4, 0.5) is 0 Å². The normalized spacial score (nSPS) is 13.2. The first kappa shape index (κ1) is 22.8. The SMILES string of the molecule is O=C(C=CC(=O)OCC1c2ccccc2-c2ccccc21)N[C@@H](Cc1ccc(O)cc1)C(=O)O. The van der Waals surface area contributed by atoms with E-state index in [0.29, 0.717) is 5.56 Å². The number of hydrogen-bond donors (Lipinski definition) is 3. The summed E-state index contributed by atoms with van der Waals surface area (Å²) in [7, 11) is 0. The average Bonchev–Trinajstić information content (AvgIpc) is 3.16. The van der Waals surface area contributed by atoms with E-state index in [4.69, 9.17) is 4.74 Å². The highest BCUT2D eigenvalue weighted by atomic mass is 16.5. The molecular formula is C27H23NO6. The fourth-order valence-electron chi connectivity index (χ4n) is 4.08. The van der Waals surface area contributed by atoms with Crippen LogP contribution in [0.5, 0.6) is 5.75 Å². The van der Waals surface area contributed by atoms with Gasteiger partial charge in [-0.1, -0.05) is 60.7 Å². The first-order valence-corrected chi connectivity index (χ1v) is 10.8. The van der Waals surface area contributed by atoms with Gasteiger partial charge in [0.05, 0.1) is 0 Å². The van der Waals surface area contributed by atoms with Gasteiger partial charge < -0.3 is 20.3 Å². The molecule has 0 spiro atoms.